The maximum atomic E-state index is 12.9. The number of carbonyl (C=O) groups is 3. The van der Waals surface area contributed by atoms with Gasteiger partial charge in [0.1, 0.15) is 13.2 Å². The standard InChI is InChI=1S/C72H126O6/c1-4-7-10-13-16-19-22-25-28-31-32-33-34-35-36-37-38-39-40-42-44-47-50-53-56-59-62-65-71(74)77-68-69(67-76-70(73)64-61-58-55-52-49-46-43-30-27-24-21-18-15-12-9-6-3)78-72(75)66-63-60-57-54-51-48-45-41-29-26-23-20-17-14-11-8-5-2/h7,10,16,19,21,24-26,28-30,32-33,43,69H,4-6,8-9,11-15,17-18,20,22-23,27,31,34-42,44-68H2,1-3H3/b10-7-,19-16-,24-21-,28-25-,29-26-,33-32-,43-30-. The van der Waals surface area contributed by atoms with E-state index < -0.39 is 6.10 Å². The monoisotopic (exact) mass is 1090 g/mol. The number of rotatable bonds is 61. The third-order valence-corrected chi connectivity index (χ3v) is 14.6. The fourth-order valence-electron chi connectivity index (χ4n) is 9.58. The molecule has 1 atom stereocenters. The number of esters is 3. The van der Waals surface area contributed by atoms with Gasteiger partial charge in [-0.15, -0.1) is 0 Å². The molecular formula is C72H126O6. The van der Waals surface area contributed by atoms with Gasteiger partial charge in [-0.1, -0.05) is 286 Å². The van der Waals surface area contributed by atoms with Crippen molar-refractivity contribution in [2.45, 2.75) is 341 Å². The molecule has 0 saturated carbocycles. The van der Waals surface area contributed by atoms with Crippen molar-refractivity contribution >= 4 is 17.9 Å². The highest BCUT2D eigenvalue weighted by Gasteiger charge is 2.19. The molecule has 0 bridgehead atoms. The number of ether oxygens (including phenoxy) is 3. The Hall–Kier alpha value is -3.41. The summed E-state index contributed by atoms with van der Waals surface area (Å²) >= 11 is 0. The maximum Gasteiger partial charge on any atom is 0.306 e. The minimum atomic E-state index is -0.786. The summed E-state index contributed by atoms with van der Waals surface area (Å²) in [7, 11) is 0. The molecule has 6 heteroatoms. The third-order valence-electron chi connectivity index (χ3n) is 14.6. The van der Waals surface area contributed by atoms with Crippen molar-refractivity contribution in [1.82, 2.24) is 0 Å². The average molecular weight is 1090 g/mol. The normalized spacial score (nSPS) is 12.6. The van der Waals surface area contributed by atoms with Crippen LogP contribution in [0.25, 0.3) is 0 Å². The predicted molar refractivity (Wildman–Crippen MR) is 339 cm³/mol. The van der Waals surface area contributed by atoms with Crippen molar-refractivity contribution in [3.8, 4) is 0 Å². The molecule has 0 aromatic rings. The average Bonchev–Trinajstić information content (AvgIpc) is 3.44. The van der Waals surface area contributed by atoms with Crippen LogP contribution in [0.5, 0.6) is 0 Å². The molecule has 0 fully saturated rings. The summed E-state index contributed by atoms with van der Waals surface area (Å²) in [6.45, 7) is 6.53. The van der Waals surface area contributed by atoms with Gasteiger partial charge in [0.2, 0.25) is 0 Å². The zero-order valence-corrected chi connectivity index (χ0v) is 51.7. The van der Waals surface area contributed by atoms with Crippen LogP contribution in [0, 0.1) is 0 Å². The highest BCUT2D eigenvalue weighted by molar-refractivity contribution is 5.71. The summed E-state index contributed by atoms with van der Waals surface area (Å²) < 4.78 is 17.0. The summed E-state index contributed by atoms with van der Waals surface area (Å²) in [6.07, 6.45) is 87.4. The van der Waals surface area contributed by atoms with Gasteiger partial charge < -0.3 is 14.2 Å². The molecule has 0 radical (unpaired) electrons. The third kappa shape index (κ3) is 63.4. The quantitative estimate of drug-likeness (QED) is 0.0261. The van der Waals surface area contributed by atoms with Crippen LogP contribution in [0.4, 0.5) is 0 Å². The van der Waals surface area contributed by atoms with E-state index in [0.29, 0.717) is 19.3 Å². The van der Waals surface area contributed by atoms with Gasteiger partial charge in [0.15, 0.2) is 6.10 Å². The van der Waals surface area contributed by atoms with Crippen molar-refractivity contribution in [1.29, 1.82) is 0 Å². The van der Waals surface area contributed by atoms with Crippen LogP contribution >= 0.6 is 0 Å². The van der Waals surface area contributed by atoms with Gasteiger partial charge in [0.25, 0.3) is 0 Å². The second-order valence-corrected chi connectivity index (χ2v) is 22.3. The minimum absolute atomic E-state index is 0.0808. The molecule has 1 unspecified atom stereocenters. The molecule has 0 N–H and O–H groups in total. The Bertz CT molecular complexity index is 1480. The van der Waals surface area contributed by atoms with Gasteiger partial charge in [0, 0.05) is 19.3 Å². The Morgan fingerprint density at radius 1 is 0.269 bits per heavy atom. The molecule has 0 aliphatic carbocycles. The lowest BCUT2D eigenvalue weighted by Gasteiger charge is -2.18. The summed E-state index contributed by atoms with van der Waals surface area (Å²) in [6, 6.07) is 0. The lowest BCUT2D eigenvalue weighted by Crippen LogP contribution is -2.30. The van der Waals surface area contributed by atoms with Crippen molar-refractivity contribution in [3.63, 3.8) is 0 Å². The first-order valence-electron chi connectivity index (χ1n) is 33.6. The number of carbonyl (C=O) groups excluding carboxylic acids is 3. The van der Waals surface area contributed by atoms with E-state index in [1.807, 2.05) is 0 Å². The van der Waals surface area contributed by atoms with Crippen LogP contribution in [-0.2, 0) is 28.6 Å². The molecule has 0 aromatic carbocycles. The lowest BCUT2D eigenvalue weighted by atomic mass is 10.0. The van der Waals surface area contributed by atoms with Crippen molar-refractivity contribution in [2.75, 3.05) is 13.2 Å². The lowest BCUT2D eigenvalue weighted by molar-refractivity contribution is -0.167. The van der Waals surface area contributed by atoms with Gasteiger partial charge in [-0.25, -0.2) is 0 Å². The second-order valence-electron chi connectivity index (χ2n) is 22.3. The molecule has 0 amide bonds. The Labute approximate surface area is 484 Å². The minimum Gasteiger partial charge on any atom is -0.462 e. The first kappa shape index (κ1) is 74.6. The number of allylic oxidation sites excluding steroid dienone is 14. The van der Waals surface area contributed by atoms with Crippen LogP contribution in [0.15, 0.2) is 85.1 Å². The molecule has 0 heterocycles. The largest absolute Gasteiger partial charge is 0.462 e. The predicted octanol–water partition coefficient (Wildman–Crippen LogP) is 23.1. The Morgan fingerprint density at radius 3 is 0.808 bits per heavy atom. The number of hydrogen-bond donors (Lipinski definition) is 0. The second kappa shape index (κ2) is 66.1. The summed E-state index contributed by atoms with van der Waals surface area (Å²) in [5.41, 5.74) is 0. The van der Waals surface area contributed by atoms with E-state index in [1.54, 1.807) is 0 Å². The van der Waals surface area contributed by atoms with E-state index in [0.717, 1.165) is 103 Å². The fourth-order valence-corrected chi connectivity index (χ4v) is 9.58. The van der Waals surface area contributed by atoms with E-state index in [2.05, 4.69) is 106 Å². The zero-order valence-electron chi connectivity index (χ0n) is 51.7. The van der Waals surface area contributed by atoms with Crippen LogP contribution in [-0.4, -0.2) is 37.2 Å². The first-order valence-corrected chi connectivity index (χ1v) is 33.6. The Morgan fingerprint density at radius 2 is 0.500 bits per heavy atom. The smallest absolute Gasteiger partial charge is 0.306 e. The van der Waals surface area contributed by atoms with Crippen LogP contribution in [0.1, 0.15) is 335 Å². The molecular weight excluding hydrogens is 961 g/mol. The van der Waals surface area contributed by atoms with Crippen molar-refractivity contribution in [2.24, 2.45) is 0 Å². The zero-order chi connectivity index (χ0) is 56.4. The van der Waals surface area contributed by atoms with Gasteiger partial charge in [-0.2, -0.15) is 0 Å². The van der Waals surface area contributed by atoms with Crippen LogP contribution in [0.2, 0.25) is 0 Å². The Balaban J connectivity index is 4.31. The molecule has 0 spiro atoms. The van der Waals surface area contributed by atoms with Gasteiger partial charge >= 0.3 is 17.9 Å². The highest BCUT2D eigenvalue weighted by atomic mass is 16.6. The van der Waals surface area contributed by atoms with E-state index in [9.17, 15) is 14.4 Å². The molecule has 0 aliphatic rings. The van der Waals surface area contributed by atoms with E-state index in [-0.39, 0.29) is 31.1 Å². The van der Waals surface area contributed by atoms with Crippen LogP contribution < -0.4 is 0 Å². The highest BCUT2D eigenvalue weighted by Crippen LogP contribution is 2.17. The first-order chi connectivity index (χ1) is 38.5. The van der Waals surface area contributed by atoms with Gasteiger partial charge in [-0.3, -0.25) is 14.4 Å². The van der Waals surface area contributed by atoms with Crippen molar-refractivity contribution in [3.05, 3.63) is 85.1 Å². The summed E-state index contributed by atoms with van der Waals surface area (Å²) in [4.78, 5) is 38.4. The number of unbranched alkanes of at least 4 members (excludes halogenated alkanes) is 36. The van der Waals surface area contributed by atoms with Crippen molar-refractivity contribution < 1.29 is 28.6 Å². The molecule has 78 heavy (non-hydrogen) atoms. The summed E-state index contributed by atoms with van der Waals surface area (Å²) in [5.74, 6) is -0.884. The molecule has 450 valence electrons. The van der Waals surface area contributed by atoms with Gasteiger partial charge in [0.05, 0.1) is 0 Å². The molecule has 0 rings (SSSR count). The topological polar surface area (TPSA) is 78.9 Å². The van der Waals surface area contributed by atoms with Crippen LogP contribution in [0.3, 0.4) is 0 Å². The van der Waals surface area contributed by atoms with E-state index in [1.165, 1.54) is 193 Å². The number of hydrogen-bond acceptors (Lipinski definition) is 6. The SMILES string of the molecule is CC/C=C\C/C=C\C/C=C\C/C=C\CCCCCCCCCCCCCCCCC(=O)OCC(COC(=O)CCCCCCC/C=C\C/C=C\CCCCCC)OC(=O)CCCCCCCCC/C=C\CCCCCCCC. The molecule has 0 aromatic heterocycles. The van der Waals surface area contributed by atoms with E-state index in [4.69, 9.17) is 14.2 Å². The summed E-state index contributed by atoms with van der Waals surface area (Å²) in [5, 5.41) is 0. The molecule has 0 aliphatic heterocycles. The fraction of sp³-hybridized carbons (Fsp3) is 0.764. The molecule has 6 nitrogen and oxygen atoms in total. The Kier molecular flexibility index (Phi) is 63.2. The maximum absolute atomic E-state index is 12.9. The van der Waals surface area contributed by atoms with E-state index >= 15 is 0 Å². The molecule has 0 saturated heterocycles. The van der Waals surface area contributed by atoms with Gasteiger partial charge in [-0.05, 0) is 116 Å².